The fourth-order valence-corrected chi connectivity index (χ4v) is 5.58. The highest BCUT2D eigenvalue weighted by molar-refractivity contribution is 7.89. The van der Waals surface area contributed by atoms with Crippen molar-refractivity contribution in [1.82, 2.24) is 9.62 Å². The summed E-state index contributed by atoms with van der Waals surface area (Å²) >= 11 is 0. The standard InChI is InChI=1S/C26H28N2O4S/c1-19-8-11-22(12-9-19)25(21-6-4-3-5-7-21)27-26(29)23-13-10-20(2)24(18-23)33(30,31)28-14-16-32-17-15-28/h3-13,18,25H,14-17H2,1-2H3,(H,27,29)/t25-/m0/s1. The van der Waals surface area contributed by atoms with Crippen LogP contribution in [-0.4, -0.2) is 44.9 Å². The molecule has 0 aromatic heterocycles. The molecular weight excluding hydrogens is 436 g/mol. The van der Waals surface area contributed by atoms with Crippen LogP contribution in [0.4, 0.5) is 0 Å². The van der Waals surface area contributed by atoms with E-state index in [0.29, 0.717) is 37.4 Å². The van der Waals surface area contributed by atoms with Crippen molar-refractivity contribution in [1.29, 1.82) is 0 Å². The van der Waals surface area contributed by atoms with E-state index < -0.39 is 10.0 Å². The molecule has 0 saturated carbocycles. The van der Waals surface area contributed by atoms with Crippen LogP contribution in [-0.2, 0) is 14.8 Å². The Morgan fingerprint density at radius 3 is 2.21 bits per heavy atom. The Morgan fingerprint density at radius 1 is 0.909 bits per heavy atom. The quantitative estimate of drug-likeness (QED) is 0.601. The Morgan fingerprint density at radius 2 is 1.55 bits per heavy atom. The maximum Gasteiger partial charge on any atom is 0.252 e. The Balaban J connectivity index is 1.65. The molecule has 4 rings (SSSR count). The normalized spacial score (nSPS) is 15.7. The zero-order valence-electron chi connectivity index (χ0n) is 18.8. The van der Waals surface area contributed by atoms with Gasteiger partial charge in [0.2, 0.25) is 10.0 Å². The molecule has 3 aromatic carbocycles. The minimum Gasteiger partial charge on any atom is -0.379 e. The summed E-state index contributed by atoms with van der Waals surface area (Å²) in [7, 11) is -3.71. The maximum atomic E-state index is 13.3. The lowest BCUT2D eigenvalue weighted by Gasteiger charge is -2.27. The van der Waals surface area contributed by atoms with Crippen molar-refractivity contribution in [2.75, 3.05) is 26.3 Å². The highest BCUT2D eigenvalue weighted by atomic mass is 32.2. The molecule has 1 fully saturated rings. The number of amides is 1. The summed E-state index contributed by atoms with van der Waals surface area (Å²) in [6.07, 6.45) is 0. The van der Waals surface area contributed by atoms with Gasteiger partial charge in [-0.25, -0.2) is 8.42 Å². The Labute approximate surface area is 195 Å². The van der Waals surface area contributed by atoms with E-state index in [0.717, 1.165) is 16.7 Å². The van der Waals surface area contributed by atoms with Crippen molar-refractivity contribution in [2.24, 2.45) is 0 Å². The van der Waals surface area contributed by atoms with Crippen LogP contribution >= 0.6 is 0 Å². The predicted molar refractivity (Wildman–Crippen MR) is 128 cm³/mol. The highest BCUT2D eigenvalue weighted by Crippen LogP contribution is 2.25. The van der Waals surface area contributed by atoms with Crippen LogP contribution in [0.15, 0.2) is 77.7 Å². The number of carbonyl (C=O) groups is 1. The van der Waals surface area contributed by atoms with E-state index in [-0.39, 0.29) is 16.8 Å². The molecule has 0 spiro atoms. The van der Waals surface area contributed by atoms with E-state index in [1.807, 2.05) is 61.5 Å². The number of carbonyl (C=O) groups excluding carboxylic acids is 1. The number of hydrogen-bond donors (Lipinski definition) is 1. The lowest BCUT2D eigenvalue weighted by Crippen LogP contribution is -2.41. The van der Waals surface area contributed by atoms with E-state index in [9.17, 15) is 13.2 Å². The topological polar surface area (TPSA) is 75.7 Å². The number of rotatable bonds is 6. The van der Waals surface area contributed by atoms with Gasteiger partial charge in [-0.05, 0) is 42.7 Å². The fourth-order valence-electron chi connectivity index (χ4n) is 3.92. The number of benzene rings is 3. The van der Waals surface area contributed by atoms with Gasteiger partial charge in [0, 0.05) is 18.7 Å². The molecule has 0 bridgehead atoms. The van der Waals surface area contributed by atoms with Crippen molar-refractivity contribution in [2.45, 2.75) is 24.8 Å². The van der Waals surface area contributed by atoms with Gasteiger partial charge in [0.25, 0.3) is 5.91 Å². The molecular formula is C26H28N2O4S. The zero-order chi connectivity index (χ0) is 23.4. The zero-order valence-corrected chi connectivity index (χ0v) is 19.6. The molecule has 0 radical (unpaired) electrons. The number of aryl methyl sites for hydroxylation is 2. The summed E-state index contributed by atoms with van der Waals surface area (Å²) in [5, 5.41) is 3.10. The molecule has 1 heterocycles. The first-order chi connectivity index (χ1) is 15.9. The molecule has 7 heteroatoms. The summed E-state index contributed by atoms with van der Waals surface area (Å²) in [6.45, 7) is 5.11. The number of ether oxygens (including phenoxy) is 1. The minimum atomic E-state index is -3.71. The van der Waals surface area contributed by atoms with Crippen molar-refractivity contribution in [3.05, 3.63) is 101 Å². The van der Waals surface area contributed by atoms with E-state index in [1.165, 1.54) is 10.4 Å². The molecule has 1 aliphatic rings. The van der Waals surface area contributed by atoms with E-state index in [2.05, 4.69) is 5.32 Å². The second-order valence-corrected chi connectivity index (χ2v) is 10.1. The largest absolute Gasteiger partial charge is 0.379 e. The van der Waals surface area contributed by atoms with E-state index >= 15 is 0 Å². The van der Waals surface area contributed by atoms with Gasteiger partial charge in [-0.1, -0.05) is 66.2 Å². The summed E-state index contributed by atoms with van der Waals surface area (Å²) in [5.74, 6) is -0.331. The Hall–Kier alpha value is -3.00. The summed E-state index contributed by atoms with van der Waals surface area (Å²) in [6, 6.07) is 22.2. The molecule has 0 aliphatic carbocycles. The van der Waals surface area contributed by atoms with Crippen molar-refractivity contribution >= 4 is 15.9 Å². The molecule has 1 aliphatic heterocycles. The monoisotopic (exact) mass is 464 g/mol. The molecule has 1 atom stereocenters. The average molecular weight is 465 g/mol. The van der Waals surface area contributed by atoms with Crippen LogP contribution in [0.3, 0.4) is 0 Å². The van der Waals surface area contributed by atoms with Crippen LogP contribution in [0.1, 0.15) is 38.7 Å². The average Bonchev–Trinajstić information content (AvgIpc) is 2.84. The van der Waals surface area contributed by atoms with Gasteiger partial charge in [-0.2, -0.15) is 4.31 Å². The summed E-state index contributed by atoms with van der Waals surface area (Å²) in [4.78, 5) is 13.5. The predicted octanol–water partition coefficient (Wildman–Crippen LogP) is 3.84. The molecule has 6 nitrogen and oxygen atoms in total. The van der Waals surface area contributed by atoms with Gasteiger partial charge in [0.15, 0.2) is 0 Å². The lowest BCUT2D eigenvalue weighted by molar-refractivity contribution is 0.0730. The maximum absolute atomic E-state index is 13.3. The third-order valence-electron chi connectivity index (χ3n) is 5.86. The number of morpholine rings is 1. The van der Waals surface area contributed by atoms with Gasteiger partial charge in [-0.3, -0.25) is 4.79 Å². The molecule has 1 N–H and O–H groups in total. The van der Waals surface area contributed by atoms with Gasteiger partial charge in [-0.15, -0.1) is 0 Å². The van der Waals surface area contributed by atoms with Crippen LogP contribution in [0, 0.1) is 13.8 Å². The van der Waals surface area contributed by atoms with Crippen molar-refractivity contribution in [3.8, 4) is 0 Å². The van der Waals surface area contributed by atoms with Gasteiger partial charge in [0.05, 0.1) is 24.2 Å². The third kappa shape index (κ3) is 5.16. The van der Waals surface area contributed by atoms with Crippen LogP contribution < -0.4 is 5.32 Å². The second kappa shape index (κ2) is 9.87. The van der Waals surface area contributed by atoms with Crippen LogP contribution in [0.2, 0.25) is 0 Å². The lowest BCUT2D eigenvalue weighted by atomic mass is 9.97. The minimum absolute atomic E-state index is 0.156. The van der Waals surface area contributed by atoms with Crippen LogP contribution in [0.5, 0.6) is 0 Å². The Bertz CT molecular complexity index is 1220. The van der Waals surface area contributed by atoms with Crippen molar-refractivity contribution in [3.63, 3.8) is 0 Å². The van der Waals surface area contributed by atoms with E-state index in [1.54, 1.807) is 19.1 Å². The van der Waals surface area contributed by atoms with Crippen LogP contribution in [0.25, 0.3) is 0 Å². The third-order valence-corrected chi connectivity index (χ3v) is 7.90. The highest BCUT2D eigenvalue weighted by Gasteiger charge is 2.29. The molecule has 1 amide bonds. The molecule has 1 saturated heterocycles. The van der Waals surface area contributed by atoms with Gasteiger partial charge >= 0.3 is 0 Å². The summed E-state index contributed by atoms with van der Waals surface area (Å²) in [5.41, 5.74) is 3.95. The first-order valence-electron chi connectivity index (χ1n) is 11.0. The number of sulfonamides is 1. The van der Waals surface area contributed by atoms with E-state index in [4.69, 9.17) is 4.74 Å². The van der Waals surface area contributed by atoms with Gasteiger partial charge in [0.1, 0.15) is 0 Å². The second-order valence-electron chi connectivity index (χ2n) is 8.22. The molecule has 172 valence electrons. The first-order valence-corrected chi connectivity index (χ1v) is 12.4. The molecule has 33 heavy (non-hydrogen) atoms. The first kappa shape index (κ1) is 23.2. The number of hydrogen-bond acceptors (Lipinski definition) is 4. The van der Waals surface area contributed by atoms with Gasteiger partial charge < -0.3 is 10.1 Å². The molecule has 0 unspecified atom stereocenters. The molecule has 3 aromatic rings. The summed E-state index contributed by atoms with van der Waals surface area (Å²) < 4.78 is 33.1. The fraction of sp³-hybridized carbons (Fsp3) is 0.269. The number of nitrogens with one attached hydrogen (secondary N) is 1. The smallest absolute Gasteiger partial charge is 0.252 e. The SMILES string of the molecule is Cc1ccc([C@@H](NC(=O)c2ccc(C)c(S(=O)(=O)N3CCOCC3)c2)c2ccccc2)cc1. The van der Waals surface area contributed by atoms with Crippen molar-refractivity contribution < 1.29 is 17.9 Å². The number of nitrogens with zero attached hydrogens (tertiary/aromatic N) is 1. The Kier molecular flexibility index (Phi) is 6.93.